The van der Waals surface area contributed by atoms with Crippen LogP contribution >= 0.6 is 11.3 Å². The van der Waals surface area contributed by atoms with Gasteiger partial charge in [-0.15, -0.1) is 11.3 Å². The minimum atomic E-state index is -0.0189. The Kier molecular flexibility index (Phi) is 4.53. The highest BCUT2D eigenvalue weighted by Gasteiger charge is 2.45. The first kappa shape index (κ1) is 17.2. The second kappa shape index (κ2) is 6.83. The Morgan fingerprint density at radius 3 is 2.58 bits per heavy atom. The van der Waals surface area contributed by atoms with E-state index in [9.17, 15) is 9.59 Å². The number of carbonyl (C=O) groups is 2. The van der Waals surface area contributed by atoms with Crippen molar-refractivity contribution in [3.8, 4) is 10.6 Å². The zero-order chi connectivity index (χ0) is 18.1. The van der Waals surface area contributed by atoms with Gasteiger partial charge in [0.2, 0.25) is 11.8 Å². The smallest absolute Gasteiger partial charge is 0.228 e. The van der Waals surface area contributed by atoms with Crippen LogP contribution in [0.15, 0.2) is 35.7 Å². The van der Waals surface area contributed by atoms with Gasteiger partial charge in [-0.25, -0.2) is 4.98 Å². The summed E-state index contributed by atoms with van der Waals surface area (Å²) < 4.78 is 0. The van der Waals surface area contributed by atoms with Crippen molar-refractivity contribution in [3.05, 3.63) is 41.4 Å². The summed E-state index contributed by atoms with van der Waals surface area (Å²) in [6.07, 6.45) is 3.69. The number of carbonyl (C=O) groups excluding carboxylic acids is 2. The van der Waals surface area contributed by atoms with E-state index in [1.807, 2.05) is 52.6 Å². The maximum absolute atomic E-state index is 12.7. The number of hydrogen-bond donors (Lipinski definition) is 0. The predicted molar refractivity (Wildman–Crippen MR) is 102 cm³/mol. The fourth-order valence-electron chi connectivity index (χ4n) is 4.07. The summed E-state index contributed by atoms with van der Waals surface area (Å²) in [5.74, 6) is 0.373. The number of amides is 2. The second-order valence-electron chi connectivity index (χ2n) is 7.24. The maximum Gasteiger partial charge on any atom is 0.228 e. The third kappa shape index (κ3) is 3.14. The summed E-state index contributed by atoms with van der Waals surface area (Å²) in [5, 5.41) is 2.94. The number of rotatable bonds is 3. The van der Waals surface area contributed by atoms with Crippen LogP contribution in [0.5, 0.6) is 0 Å². The third-order valence-corrected chi connectivity index (χ3v) is 6.78. The van der Waals surface area contributed by atoms with E-state index in [1.54, 1.807) is 11.3 Å². The molecule has 2 aromatic rings. The van der Waals surface area contributed by atoms with Crippen LogP contribution in [-0.4, -0.2) is 52.3 Å². The lowest BCUT2D eigenvalue weighted by molar-refractivity contribution is -0.135. The van der Waals surface area contributed by atoms with Gasteiger partial charge in [-0.05, 0) is 19.3 Å². The molecule has 0 bridgehead atoms. The van der Waals surface area contributed by atoms with E-state index >= 15 is 0 Å². The zero-order valence-corrected chi connectivity index (χ0v) is 15.8. The summed E-state index contributed by atoms with van der Waals surface area (Å²) in [4.78, 5) is 33.0. The molecule has 2 aliphatic rings. The van der Waals surface area contributed by atoms with Gasteiger partial charge in [0.15, 0.2) is 0 Å². The van der Waals surface area contributed by atoms with Crippen molar-refractivity contribution in [2.75, 3.05) is 20.1 Å². The van der Waals surface area contributed by atoms with E-state index in [4.69, 9.17) is 0 Å². The van der Waals surface area contributed by atoms with E-state index in [2.05, 4.69) is 4.98 Å². The highest BCUT2D eigenvalue weighted by atomic mass is 32.1. The highest BCUT2D eigenvalue weighted by Crippen LogP contribution is 2.38. The van der Waals surface area contributed by atoms with Gasteiger partial charge in [-0.2, -0.15) is 0 Å². The van der Waals surface area contributed by atoms with Crippen molar-refractivity contribution in [2.24, 2.45) is 0 Å². The Bertz CT molecular complexity index is 809. The van der Waals surface area contributed by atoms with Gasteiger partial charge in [0, 0.05) is 43.0 Å². The SMILES string of the molecule is CN1C(=O)CCC12CCN(C(=O)Cc1csc(-c3ccccc3)n1)CC2. The number of nitrogens with zero attached hydrogens (tertiary/aromatic N) is 3. The molecule has 6 heteroatoms. The molecule has 2 aliphatic heterocycles. The zero-order valence-electron chi connectivity index (χ0n) is 15.0. The highest BCUT2D eigenvalue weighted by molar-refractivity contribution is 7.13. The Morgan fingerprint density at radius 1 is 1.19 bits per heavy atom. The van der Waals surface area contributed by atoms with Crippen LogP contribution in [0.1, 0.15) is 31.4 Å². The van der Waals surface area contributed by atoms with Gasteiger partial charge in [-0.3, -0.25) is 9.59 Å². The quantitative estimate of drug-likeness (QED) is 0.836. The number of likely N-dealkylation sites (tertiary alicyclic amines) is 2. The third-order valence-electron chi connectivity index (χ3n) is 5.84. The number of aromatic nitrogens is 1. The minimum absolute atomic E-state index is 0.0189. The molecule has 0 unspecified atom stereocenters. The Labute approximate surface area is 157 Å². The van der Waals surface area contributed by atoms with Gasteiger partial charge in [0.05, 0.1) is 12.1 Å². The van der Waals surface area contributed by atoms with Crippen molar-refractivity contribution in [1.29, 1.82) is 0 Å². The van der Waals surface area contributed by atoms with Gasteiger partial charge >= 0.3 is 0 Å². The van der Waals surface area contributed by atoms with Crippen molar-refractivity contribution in [1.82, 2.24) is 14.8 Å². The Hall–Kier alpha value is -2.21. The number of hydrogen-bond acceptors (Lipinski definition) is 4. The standard InChI is InChI=1S/C20H23N3O2S/c1-22-17(24)7-8-20(22)9-11-23(12-10-20)18(25)13-16-14-26-19(21-16)15-5-3-2-4-6-15/h2-6,14H,7-13H2,1H3. The summed E-state index contributed by atoms with van der Waals surface area (Å²) in [6.45, 7) is 1.46. The monoisotopic (exact) mass is 369 g/mol. The van der Waals surface area contributed by atoms with Crippen LogP contribution in [0.25, 0.3) is 10.6 Å². The summed E-state index contributed by atoms with van der Waals surface area (Å²) in [7, 11) is 1.91. The molecule has 0 saturated carbocycles. The lowest BCUT2D eigenvalue weighted by Gasteiger charge is -2.43. The fourth-order valence-corrected chi connectivity index (χ4v) is 4.89. The number of piperidine rings is 1. The van der Waals surface area contributed by atoms with Crippen LogP contribution < -0.4 is 0 Å². The van der Waals surface area contributed by atoms with E-state index < -0.39 is 0 Å². The van der Waals surface area contributed by atoms with Crippen LogP contribution in [0, 0.1) is 0 Å². The molecular formula is C20H23N3O2S. The lowest BCUT2D eigenvalue weighted by atomic mass is 9.85. The van der Waals surface area contributed by atoms with Crippen molar-refractivity contribution >= 4 is 23.2 Å². The Balaban J connectivity index is 1.36. The molecule has 26 heavy (non-hydrogen) atoms. The molecule has 0 aliphatic carbocycles. The summed E-state index contributed by atoms with van der Waals surface area (Å²) in [6, 6.07) is 10.0. The van der Waals surface area contributed by atoms with E-state index in [1.165, 1.54) is 0 Å². The van der Waals surface area contributed by atoms with Gasteiger partial charge in [-0.1, -0.05) is 30.3 Å². The molecule has 1 spiro atoms. The first-order valence-corrected chi connectivity index (χ1v) is 10.00. The molecule has 4 rings (SSSR count). The molecule has 0 N–H and O–H groups in total. The van der Waals surface area contributed by atoms with E-state index in [0.29, 0.717) is 12.8 Å². The Morgan fingerprint density at radius 2 is 1.92 bits per heavy atom. The first-order chi connectivity index (χ1) is 12.6. The number of benzene rings is 1. The summed E-state index contributed by atoms with van der Waals surface area (Å²) >= 11 is 1.58. The average molecular weight is 369 g/mol. The van der Waals surface area contributed by atoms with Crippen molar-refractivity contribution < 1.29 is 9.59 Å². The van der Waals surface area contributed by atoms with E-state index in [0.717, 1.165) is 48.6 Å². The number of thiazole rings is 1. The average Bonchev–Trinajstić information content (AvgIpc) is 3.24. The minimum Gasteiger partial charge on any atom is -0.342 e. The topological polar surface area (TPSA) is 53.5 Å². The normalized spacial score (nSPS) is 19.3. The molecule has 2 fully saturated rings. The molecule has 2 saturated heterocycles. The fraction of sp³-hybridized carbons (Fsp3) is 0.450. The maximum atomic E-state index is 12.7. The molecule has 2 amide bonds. The predicted octanol–water partition coefficient (Wildman–Crippen LogP) is 2.97. The van der Waals surface area contributed by atoms with Crippen LogP contribution in [0.3, 0.4) is 0 Å². The molecule has 1 aromatic carbocycles. The second-order valence-corrected chi connectivity index (χ2v) is 8.10. The first-order valence-electron chi connectivity index (χ1n) is 9.12. The van der Waals surface area contributed by atoms with Crippen molar-refractivity contribution in [2.45, 2.75) is 37.6 Å². The van der Waals surface area contributed by atoms with Gasteiger partial charge < -0.3 is 9.80 Å². The molecule has 1 aromatic heterocycles. The van der Waals surface area contributed by atoms with Crippen molar-refractivity contribution in [3.63, 3.8) is 0 Å². The van der Waals surface area contributed by atoms with Crippen LogP contribution in [-0.2, 0) is 16.0 Å². The summed E-state index contributed by atoms with van der Waals surface area (Å²) in [5.41, 5.74) is 1.91. The largest absolute Gasteiger partial charge is 0.342 e. The van der Waals surface area contributed by atoms with Crippen LogP contribution in [0.2, 0.25) is 0 Å². The molecule has 3 heterocycles. The van der Waals surface area contributed by atoms with Gasteiger partial charge in [0.1, 0.15) is 5.01 Å². The van der Waals surface area contributed by atoms with Gasteiger partial charge in [0.25, 0.3) is 0 Å². The molecular weight excluding hydrogens is 346 g/mol. The molecule has 136 valence electrons. The van der Waals surface area contributed by atoms with E-state index in [-0.39, 0.29) is 17.4 Å². The lowest BCUT2D eigenvalue weighted by Crippen LogP contribution is -2.53. The molecule has 0 atom stereocenters. The van der Waals surface area contributed by atoms with Crippen LogP contribution in [0.4, 0.5) is 0 Å². The molecule has 5 nitrogen and oxygen atoms in total. The molecule has 0 radical (unpaired) electrons.